The predicted octanol–water partition coefficient (Wildman–Crippen LogP) is 2.49. The van der Waals surface area contributed by atoms with Gasteiger partial charge in [0.2, 0.25) is 0 Å². The normalized spacial score (nSPS) is 11.4. The summed E-state index contributed by atoms with van der Waals surface area (Å²) in [6.07, 6.45) is -1.13. The van der Waals surface area contributed by atoms with Crippen LogP contribution in [0.25, 0.3) is 0 Å². The highest BCUT2D eigenvalue weighted by Crippen LogP contribution is 2.23. The summed E-state index contributed by atoms with van der Waals surface area (Å²) < 4.78 is 5.18. The Kier molecular flexibility index (Phi) is 7.05. The summed E-state index contributed by atoms with van der Waals surface area (Å²) in [5.74, 6) is -1.43. The number of nitrogens with one attached hydrogen (secondary N) is 2. The van der Waals surface area contributed by atoms with Crippen LogP contribution in [-0.2, 0) is 9.53 Å². The van der Waals surface area contributed by atoms with Crippen LogP contribution in [0.1, 0.15) is 22.8 Å². The van der Waals surface area contributed by atoms with Crippen molar-refractivity contribution in [3.05, 3.63) is 63.7 Å². The number of hydrogen-bond donors (Lipinski definition) is 3. The van der Waals surface area contributed by atoms with Crippen LogP contribution < -0.4 is 10.6 Å². The standard InChI is InChI=1S/C19H21N3O6/c1-12-4-3-5-14(10-12)21-18(24)13(2)28-19(25)16-11-15(22(26)27)6-7-17(16)20-8-9-23/h3-7,10-11,13,20,23H,8-9H2,1-2H3,(H,21,24). The van der Waals surface area contributed by atoms with Crippen LogP contribution in [0.5, 0.6) is 0 Å². The van der Waals surface area contributed by atoms with E-state index in [1.54, 1.807) is 18.2 Å². The molecule has 0 saturated heterocycles. The second kappa shape index (κ2) is 9.47. The number of esters is 1. The molecule has 0 spiro atoms. The van der Waals surface area contributed by atoms with E-state index in [9.17, 15) is 19.7 Å². The summed E-state index contributed by atoms with van der Waals surface area (Å²) in [6, 6.07) is 10.8. The van der Waals surface area contributed by atoms with Gasteiger partial charge in [-0.15, -0.1) is 0 Å². The van der Waals surface area contributed by atoms with Crippen molar-refractivity contribution in [3.8, 4) is 0 Å². The fourth-order valence-electron chi connectivity index (χ4n) is 2.40. The van der Waals surface area contributed by atoms with E-state index in [0.717, 1.165) is 11.6 Å². The third-order valence-electron chi connectivity index (χ3n) is 3.80. The second-order valence-corrected chi connectivity index (χ2v) is 6.04. The molecular formula is C19H21N3O6. The Morgan fingerprint density at radius 3 is 2.64 bits per heavy atom. The van der Waals surface area contributed by atoms with Gasteiger partial charge in [-0.1, -0.05) is 12.1 Å². The van der Waals surface area contributed by atoms with Crippen LogP contribution in [0.2, 0.25) is 0 Å². The lowest BCUT2D eigenvalue weighted by atomic mass is 10.1. The fourth-order valence-corrected chi connectivity index (χ4v) is 2.40. The molecule has 0 fully saturated rings. The highest BCUT2D eigenvalue weighted by molar-refractivity contribution is 6.00. The van der Waals surface area contributed by atoms with Crippen LogP contribution in [0.3, 0.4) is 0 Å². The average Bonchev–Trinajstić information content (AvgIpc) is 2.65. The quantitative estimate of drug-likeness (QED) is 0.360. The first-order valence-electron chi connectivity index (χ1n) is 8.53. The van der Waals surface area contributed by atoms with Crippen LogP contribution in [0.15, 0.2) is 42.5 Å². The highest BCUT2D eigenvalue weighted by Gasteiger charge is 2.23. The summed E-state index contributed by atoms with van der Waals surface area (Å²) in [6.45, 7) is 3.23. The van der Waals surface area contributed by atoms with E-state index < -0.39 is 22.9 Å². The molecule has 148 valence electrons. The van der Waals surface area contributed by atoms with E-state index >= 15 is 0 Å². The van der Waals surface area contributed by atoms with Crippen molar-refractivity contribution in [2.24, 2.45) is 0 Å². The van der Waals surface area contributed by atoms with Gasteiger partial charge in [-0.05, 0) is 37.6 Å². The van der Waals surface area contributed by atoms with E-state index in [1.165, 1.54) is 19.1 Å². The Hall–Kier alpha value is -3.46. The summed E-state index contributed by atoms with van der Waals surface area (Å²) in [5, 5.41) is 25.4. The van der Waals surface area contributed by atoms with Gasteiger partial charge in [0.05, 0.1) is 17.1 Å². The summed E-state index contributed by atoms with van der Waals surface area (Å²) in [7, 11) is 0. The Bertz CT molecular complexity index is 884. The molecule has 2 aromatic rings. The molecule has 0 aliphatic carbocycles. The molecule has 2 rings (SSSR count). The molecule has 0 saturated carbocycles. The van der Waals surface area contributed by atoms with Crippen molar-refractivity contribution in [2.75, 3.05) is 23.8 Å². The molecule has 9 heteroatoms. The van der Waals surface area contributed by atoms with E-state index in [2.05, 4.69) is 10.6 Å². The third kappa shape index (κ3) is 5.52. The molecule has 2 aromatic carbocycles. The molecule has 1 atom stereocenters. The monoisotopic (exact) mass is 387 g/mol. The van der Waals surface area contributed by atoms with Crippen molar-refractivity contribution >= 4 is 28.9 Å². The van der Waals surface area contributed by atoms with Gasteiger partial charge in [0.25, 0.3) is 11.6 Å². The van der Waals surface area contributed by atoms with E-state index in [4.69, 9.17) is 9.84 Å². The lowest BCUT2D eigenvalue weighted by Gasteiger charge is -2.16. The van der Waals surface area contributed by atoms with E-state index in [0.29, 0.717) is 5.69 Å². The Balaban J connectivity index is 2.14. The number of non-ortho nitro benzene ring substituents is 1. The smallest absolute Gasteiger partial charge is 0.341 e. The lowest BCUT2D eigenvalue weighted by molar-refractivity contribution is -0.384. The SMILES string of the molecule is Cc1cccc(NC(=O)C(C)OC(=O)c2cc([N+](=O)[O-])ccc2NCCO)c1. The number of hydrogen-bond acceptors (Lipinski definition) is 7. The van der Waals surface area contributed by atoms with Gasteiger partial charge in [0.1, 0.15) is 0 Å². The van der Waals surface area contributed by atoms with Gasteiger partial charge in [0.15, 0.2) is 6.10 Å². The van der Waals surface area contributed by atoms with Crippen LogP contribution >= 0.6 is 0 Å². The average molecular weight is 387 g/mol. The Labute approximate surface area is 161 Å². The molecular weight excluding hydrogens is 366 g/mol. The molecule has 28 heavy (non-hydrogen) atoms. The van der Waals surface area contributed by atoms with Crippen molar-refractivity contribution in [1.29, 1.82) is 0 Å². The first-order chi connectivity index (χ1) is 13.3. The maximum atomic E-state index is 12.5. The van der Waals surface area contributed by atoms with E-state index in [1.807, 2.05) is 13.0 Å². The number of aliphatic hydroxyl groups excluding tert-OH is 1. The molecule has 0 bridgehead atoms. The third-order valence-corrected chi connectivity index (χ3v) is 3.80. The first-order valence-corrected chi connectivity index (χ1v) is 8.53. The van der Waals surface area contributed by atoms with Gasteiger partial charge in [-0.3, -0.25) is 14.9 Å². The molecule has 1 unspecified atom stereocenters. The molecule has 0 aliphatic rings. The summed E-state index contributed by atoms with van der Waals surface area (Å²) >= 11 is 0. The number of carbonyl (C=O) groups is 2. The van der Waals surface area contributed by atoms with Gasteiger partial charge >= 0.3 is 5.97 Å². The van der Waals surface area contributed by atoms with Crippen LogP contribution in [0, 0.1) is 17.0 Å². The number of aliphatic hydroxyl groups is 1. The summed E-state index contributed by atoms with van der Waals surface area (Å²) in [4.78, 5) is 35.1. The topological polar surface area (TPSA) is 131 Å². The highest BCUT2D eigenvalue weighted by atomic mass is 16.6. The Morgan fingerprint density at radius 2 is 2.00 bits per heavy atom. The molecule has 9 nitrogen and oxygen atoms in total. The fraction of sp³-hybridized carbons (Fsp3) is 0.263. The zero-order chi connectivity index (χ0) is 20.7. The maximum absolute atomic E-state index is 12.5. The van der Waals surface area contributed by atoms with Gasteiger partial charge in [-0.2, -0.15) is 0 Å². The number of ether oxygens (including phenoxy) is 1. The van der Waals surface area contributed by atoms with Crippen molar-refractivity contribution in [3.63, 3.8) is 0 Å². The molecule has 1 amide bonds. The lowest BCUT2D eigenvalue weighted by Crippen LogP contribution is -2.30. The van der Waals surface area contributed by atoms with Crippen LogP contribution in [-0.4, -0.2) is 41.2 Å². The van der Waals surface area contributed by atoms with Crippen LogP contribution in [0.4, 0.5) is 17.1 Å². The molecule has 0 aliphatic heterocycles. The molecule has 3 N–H and O–H groups in total. The molecule has 0 aromatic heterocycles. The van der Waals surface area contributed by atoms with Crippen molar-refractivity contribution in [1.82, 2.24) is 0 Å². The zero-order valence-electron chi connectivity index (χ0n) is 15.5. The zero-order valence-corrected chi connectivity index (χ0v) is 15.5. The summed E-state index contributed by atoms with van der Waals surface area (Å²) in [5.41, 5.74) is 1.39. The number of amides is 1. The van der Waals surface area contributed by atoms with Gasteiger partial charge < -0.3 is 20.5 Å². The number of nitrogens with zero attached hydrogens (tertiary/aromatic N) is 1. The number of nitro groups is 1. The first kappa shape index (κ1) is 20.8. The van der Waals surface area contributed by atoms with Gasteiger partial charge in [-0.25, -0.2) is 4.79 Å². The predicted molar refractivity (Wildman–Crippen MR) is 103 cm³/mol. The number of carbonyl (C=O) groups excluding carboxylic acids is 2. The van der Waals surface area contributed by atoms with E-state index in [-0.39, 0.29) is 30.1 Å². The van der Waals surface area contributed by atoms with Gasteiger partial charge in [0, 0.05) is 30.1 Å². The Morgan fingerprint density at radius 1 is 1.25 bits per heavy atom. The minimum Gasteiger partial charge on any atom is -0.449 e. The number of rotatable bonds is 8. The molecule has 0 radical (unpaired) electrons. The minimum absolute atomic E-state index is 0.0992. The number of nitro benzene ring substituents is 1. The molecule has 0 heterocycles. The largest absolute Gasteiger partial charge is 0.449 e. The minimum atomic E-state index is -1.13. The second-order valence-electron chi connectivity index (χ2n) is 6.04. The number of anilines is 2. The number of benzene rings is 2. The van der Waals surface area contributed by atoms with Crippen molar-refractivity contribution < 1.29 is 24.4 Å². The van der Waals surface area contributed by atoms with Crippen molar-refractivity contribution in [2.45, 2.75) is 20.0 Å². The maximum Gasteiger partial charge on any atom is 0.341 e. The number of aryl methyl sites for hydroxylation is 1.